The van der Waals surface area contributed by atoms with E-state index in [-0.39, 0.29) is 28.9 Å². The molecule has 3 amide bonds. The molecule has 4 fully saturated rings. The zero-order valence-electron chi connectivity index (χ0n) is 23.4. The second-order valence-electron chi connectivity index (χ2n) is 12.9. The molecule has 8 atom stereocenters. The minimum absolute atomic E-state index is 0.0416. The summed E-state index contributed by atoms with van der Waals surface area (Å²) in [4.78, 5) is 44.0. The van der Waals surface area contributed by atoms with E-state index in [0.29, 0.717) is 23.4 Å². The molecule has 1 spiro atoms. The summed E-state index contributed by atoms with van der Waals surface area (Å²) in [5.74, 6) is -1.53. The molecule has 2 aliphatic carbocycles. The van der Waals surface area contributed by atoms with Crippen molar-refractivity contribution in [1.82, 2.24) is 10.2 Å². The van der Waals surface area contributed by atoms with Crippen LogP contribution >= 0.6 is 11.6 Å². The molecule has 2 saturated carbocycles. The largest absolute Gasteiger partial charge is 0.359 e. The third-order valence-electron chi connectivity index (χ3n) is 10.5. The van der Waals surface area contributed by atoms with Crippen LogP contribution in [0, 0.1) is 35.4 Å². The number of amides is 3. The number of nitrogens with one attached hydrogen (secondary N) is 2. The monoisotopic (exact) mass is 571 g/mol. The van der Waals surface area contributed by atoms with Crippen LogP contribution in [0.5, 0.6) is 0 Å². The van der Waals surface area contributed by atoms with Crippen LogP contribution in [0.15, 0.2) is 30.4 Å². The summed E-state index contributed by atoms with van der Waals surface area (Å²) in [6.07, 6.45) is 9.83. The lowest BCUT2D eigenvalue weighted by Gasteiger charge is -2.41. The summed E-state index contributed by atoms with van der Waals surface area (Å²) in [5.41, 5.74) is -0.851. The van der Waals surface area contributed by atoms with E-state index in [9.17, 15) is 18.8 Å². The van der Waals surface area contributed by atoms with Crippen molar-refractivity contribution in [2.45, 2.75) is 95.5 Å². The Morgan fingerprint density at radius 3 is 2.55 bits per heavy atom. The van der Waals surface area contributed by atoms with Crippen LogP contribution in [0.25, 0.3) is 0 Å². The number of nitrogens with zero attached hydrogens (tertiary/aromatic N) is 1. The molecule has 9 heteroatoms. The Kier molecular flexibility index (Phi) is 7.22. The minimum atomic E-state index is -1.19. The fraction of sp³-hybridized carbons (Fsp3) is 0.645. The predicted octanol–water partition coefficient (Wildman–Crippen LogP) is 5.09. The average Bonchev–Trinajstić information content (AvgIpc) is 3.57. The molecule has 0 aromatic heterocycles. The predicted molar refractivity (Wildman–Crippen MR) is 150 cm³/mol. The molecule has 7 nitrogen and oxygen atoms in total. The van der Waals surface area contributed by atoms with Gasteiger partial charge in [-0.3, -0.25) is 14.4 Å². The summed E-state index contributed by atoms with van der Waals surface area (Å²) < 4.78 is 20.2. The third kappa shape index (κ3) is 4.46. The molecule has 3 heterocycles. The quantitative estimate of drug-likeness (QED) is 0.482. The van der Waals surface area contributed by atoms with Crippen molar-refractivity contribution < 1.29 is 23.5 Å². The van der Waals surface area contributed by atoms with Gasteiger partial charge < -0.3 is 20.3 Å². The highest BCUT2D eigenvalue weighted by molar-refractivity contribution is 6.31. The topological polar surface area (TPSA) is 87.7 Å². The van der Waals surface area contributed by atoms with Crippen molar-refractivity contribution in [1.29, 1.82) is 0 Å². The van der Waals surface area contributed by atoms with Crippen molar-refractivity contribution in [3.8, 4) is 0 Å². The molecule has 3 aliphatic heterocycles. The molecule has 1 aromatic rings. The maximum atomic E-state index is 14.3. The van der Waals surface area contributed by atoms with E-state index in [1.807, 2.05) is 12.2 Å². The Labute approximate surface area is 240 Å². The highest BCUT2D eigenvalue weighted by atomic mass is 35.5. The molecular formula is C31H39ClFN3O4. The number of hydrogen-bond donors (Lipinski definition) is 2. The first-order valence-corrected chi connectivity index (χ1v) is 15.2. The number of anilines is 1. The summed E-state index contributed by atoms with van der Waals surface area (Å²) in [5, 5.41) is 6.04. The van der Waals surface area contributed by atoms with Crippen molar-refractivity contribution in [2.75, 3.05) is 5.32 Å². The second kappa shape index (κ2) is 10.4. The lowest BCUT2D eigenvalue weighted by Crippen LogP contribution is -2.59. The lowest BCUT2D eigenvalue weighted by molar-refractivity contribution is -0.145. The summed E-state index contributed by atoms with van der Waals surface area (Å²) in [6, 6.07) is 3.12. The van der Waals surface area contributed by atoms with E-state index in [1.165, 1.54) is 18.2 Å². The number of rotatable bonds is 5. The van der Waals surface area contributed by atoms with Gasteiger partial charge in [0, 0.05) is 17.8 Å². The van der Waals surface area contributed by atoms with Crippen LogP contribution in [0.1, 0.15) is 65.7 Å². The van der Waals surface area contributed by atoms with E-state index < -0.39 is 41.3 Å². The number of carbonyl (C=O) groups is 3. The van der Waals surface area contributed by atoms with Crippen molar-refractivity contribution >= 4 is 35.0 Å². The Bertz CT molecular complexity index is 1230. The summed E-state index contributed by atoms with van der Waals surface area (Å²) in [6.45, 7) is 6.64. The number of fused-ring (bicyclic) bond motifs is 1. The fourth-order valence-electron chi connectivity index (χ4n) is 7.97. The van der Waals surface area contributed by atoms with Gasteiger partial charge in [-0.25, -0.2) is 4.39 Å². The van der Waals surface area contributed by atoms with E-state index in [4.69, 9.17) is 16.3 Å². The second-order valence-corrected chi connectivity index (χ2v) is 13.3. The summed E-state index contributed by atoms with van der Waals surface area (Å²) >= 11 is 5.93. The molecule has 40 heavy (non-hydrogen) atoms. The van der Waals surface area contributed by atoms with E-state index >= 15 is 0 Å². The molecule has 1 aromatic carbocycles. The van der Waals surface area contributed by atoms with Crippen LogP contribution < -0.4 is 10.6 Å². The first-order valence-electron chi connectivity index (χ1n) is 14.9. The van der Waals surface area contributed by atoms with Gasteiger partial charge in [0.25, 0.3) is 0 Å². The number of hydrogen-bond acceptors (Lipinski definition) is 4. The zero-order valence-corrected chi connectivity index (χ0v) is 24.1. The molecule has 2 saturated heterocycles. The van der Waals surface area contributed by atoms with Crippen LogP contribution in [-0.4, -0.2) is 52.5 Å². The Morgan fingerprint density at radius 1 is 1.07 bits per heavy atom. The maximum Gasteiger partial charge on any atom is 0.246 e. The van der Waals surface area contributed by atoms with E-state index in [2.05, 4.69) is 31.4 Å². The van der Waals surface area contributed by atoms with Crippen molar-refractivity contribution in [3.63, 3.8) is 0 Å². The van der Waals surface area contributed by atoms with Crippen LogP contribution in [-0.2, 0) is 19.1 Å². The zero-order chi connectivity index (χ0) is 28.3. The van der Waals surface area contributed by atoms with Gasteiger partial charge in [-0.1, -0.05) is 57.4 Å². The standard InChI is InChI=1S/C31H39ClFN3O4/c1-16-7-10-20(11-8-16)36-27(29(38)35-23-6-4-5-17(2)18(23)3)31-14-13-24(40-31)25(26(31)30(36)39)28(37)34-19-9-12-22(33)21(32)15-19/h9,12-18,20,23-27H,4-8,10-11H2,1-3H3,(H,34,37)(H,35,38)/t16?,17-,18+,20?,23+,24-,25+,26-,27-,31-/m0/s1. The molecule has 2 N–H and O–H groups in total. The first kappa shape index (κ1) is 27.7. The fourth-order valence-corrected chi connectivity index (χ4v) is 8.15. The van der Waals surface area contributed by atoms with Gasteiger partial charge in [0.15, 0.2) is 0 Å². The van der Waals surface area contributed by atoms with Crippen molar-refractivity contribution in [3.05, 3.63) is 41.2 Å². The Hall–Kier alpha value is -2.45. The van der Waals surface area contributed by atoms with E-state index in [1.54, 1.807) is 4.90 Å². The SMILES string of the molecule is CC1CCC(N2C(=O)[C@@H]3[C@H](C(=O)Nc4ccc(F)c(Cl)c4)[C@@H]4C=C[C@@]3(O4)[C@@H]2C(=O)N[C@@H]2CCC[C@H](C)[C@H]2C)CC1. The smallest absolute Gasteiger partial charge is 0.246 e. The number of likely N-dealkylation sites (tertiary alicyclic amines) is 1. The van der Waals surface area contributed by atoms with Gasteiger partial charge in [-0.15, -0.1) is 0 Å². The van der Waals surface area contributed by atoms with Gasteiger partial charge in [0.05, 0.1) is 23.0 Å². The first-order chi connectivity index (χ1) is 19.1. The molecule has 5 aliphatic rings. The van der Waals surface area contributed by atoms with Gasteiger partial charge in [-0.2, -0.15) is 0 Å². The van der Waals surface area contributed by atoms with Gasteiger partial charge >= 0.3 is 0 Å². The van der Waals surface area contributed by atoms with E-state index in [0.717, 1.165) is 44.9 Å². The third-order valence-corrected chi connectivity index (χ3v) is 10.8. The number of ether oxygens (including phenoxy) is 1. The van der Waals surface area contributed by atoms with Gasteiger partial charge in [-0.05, 0) is 68.1 Å². The highest BCUT2D eigenvalue weighted by Crippen LogP contribution is 2.56. The molecule has 2 bridgehead atoms. The highest BCUT2D eigenvalue weighted by Gasteiger charge is 2.73. The number of carbonyl (C=O) groups excluding carboxylic acids is 3. The Balaban J connectivity index is 1.31. The lowest BCUT2D eigenvalue weighted by atomic mass is 9.73. The summed E-state index contributed by atoms with van der Waals surface area (Å²) in [7, 11) is 0. The van der Waals surface area contributed by atoms with Crippen LogP contribution in [0.2, 0.25) is 5.02 Å². The molecule has 216 valence electrons. The molecule has 6 rings (SSSR count). The maximum absolute atomic E-state index is 14.3. The Morgan fingerprint density at radius 2 is 1.82 bits per heavy atom. The van der Waals surface area contributed by atoms with Crippen LogP contribution in [0.3, 0.4) is 0 Å². The minimum Gasteiger partial charge on any atom is -0.359 e. The molecular weight excluding hydrogens is 533 g/mol. The molecule has 0 unspecified atom stereocenters. The average molecular weight is 572 g/mol. The number of halogens is 2. The normalized spacial score (nSPS) is 40.3. The van der Waals surface area contributed by atoms with Gasteiger partial charge in [0.2, 0.25) is 17.7 Å². The van der Waals surface area contributed by atoms with Gasteiger partial charge in [0.1, 0.15) is 17.5 Å². The number of benzene rings is 1. The molecule has 0 radical (unpaired) electrons. The van der Waals surface area contributed by atoms with Crippen molar-refractivity contribution in [2.24, 2.45) is 29.6 Å². The van der Waals surface area contributed by atoms with Crippen LogP contribution in [0.4, 0.5) is 10.1 Å².